The number of rotatable bonds is 6. The summed E-state index contributed by atoms with van der Waals surface area (Å²) < 4.78 is 30.9. The molecule has 0 aromatic heterocycles. The number of benzene rings is 2. The summed E-state index contributed by atoms with van der Waals surface area (Å²) in [4.78, 5) is 12.8. The summed E-state index contributed by atoms with van der Waals surface area (Å²) in [5.74, 6) is -0.0255. The molecule has 0 aliphatic rings. The molecule has 146 valence electrons. The highest BCUT2D eigenvalue weighted by atomic mass is 35.5. The molecule has 8 heteroatoms. The summed E-state index contributed by atoms with van der Waals surface area (Å²) in [5.41, 5.74) is 2.89. The zero-order valence-electron chi connectivity index (χ0n) is 15.9. The first kappa shape index (κ1) is 21.1. The van der Waals surface area contributed by atoms with Gasteiger partial charge in [0.2, 0.25) is 15.9 Å². The Hall–Kier alpha value is -2.25. The van der Waals surface area contributed by atoms with Crippen LogP contribution in [0.15, 0.2) is 36.4 Å². The molecule has 1 N–H and O–H groups in total. The predicted molar refractivity (Wildman–Crippen MR) is 109 cm³/mol. The molecule has 0 spiro atoms. The van der Waals surface area contributed by atoms with Gasteiger partial charge in [-0.15, -0.1) is 0 Å². The lowest BCUT2D eigenvalue weighted by Crippen LogP contribution is -2.45. The van der Waals surface area contributed by atoms with E-state index in [1.165, 1.54) is 20.1 Å². The third-order valence-corrected chi connectivity index (χ3v) is 5.88. The number of carbonyl (C=O) groups is 1. The van der Waals surface area contributed by atoms with Crippen LogP contribution in [0, 0.1) is 13.8 Å². The Bertz CT molecular complexity index is 960. The first-order valence-corrected chi connectivity index (χ1v) is 10.5. The Balaban J connectivity index is 2.38. The maximum atomic E-state index is 12.8. The predicted octanol–water partition coefficient (Wildman–Crippen LogP) is 3.76. The minimum atomic E-state index is -3.74. The van der Waals surface area contributed by atoms with E-state index in [2.05, 4.69) is 5.32 Å². The smallest absolute Gasteiger partial charge is 0.248 e. The molecule has 0 unspecified atom stereocenters. The normalized spacial score (nSPS) is 12.4. The fourth-order valence-corrected chi connectivity index (χ4v) is 4.14. The van der Waals surface area contributed by atoms with Crippen LogP contribution >= 0.6 is 11.6 Å². The van der Waals surface area contributed by atoms with Gasteiger partial charge < -0.3 is 10.1 Å². The molecule has 0 saturated carbocycles. The molecule has 0 radical (unpaired) electrons. The van der Waals surface area contributed by atoms with E-state index in [0.717, 1.165) is 21.7 Å². The van der Waals surface area contributed by atoms with Crippen LogP contribution in [0.4, 0.5) is 11.4 Å². The van der Waals surface area contributed by atoms with Crippen molar-refractivity contribution >= 4 is 38.9 Å². The Morgan fingerprint density at radius 1 is 1.22 bits per heavy atom. The minimum absolute atomic E-state index is 0.255. The van der Waals surface area contributed by atoms with E-state index in [-0.39, 0.29) is 10.7 Å². The van der Waals surface area contributed by atoms with E-state index in [1.807, 2.05) is 26.0 Å². The van der Waals surface area contributed by atoms with Crippen LogP contribution in [-0.2, 0) is 14.8 Å². The molecule has 1 amide bonds. The maximum Gasteiger partial charge on any atom is 0.248 e. The summed E-state index contributed by atoms with van der Waals surface area (Å²) in [7, 11) is -2.27. The number of nitrogens with one attached hydrogen (secondary N) is 1. The number of anilines is 2. The second kappa shape index (κ2) is 8.19. The molecule has 0 saturated heterocycles. The van der Waals surface area contributed by atoms with Crippen LogP contribution in [0.25, 0.3) is 0 Å². The summed E-state index contributed by atoms with van der Waals surface area (Å²) in [6.07, 6.45) is 1.05. The van der Waals surface area contributed by atoms with Crippen molar-refractivity contribution in [2.45, 2.75) is 26.8 Å². The number of nitrogens with zero attached hydrogens (tertiary/aromatic N) is 1. The Morgan fingerprint density at radius 2 is 1.89 bits per heavy atom. The van der Waals surface area contributed by atoms with E-state index >= 15 is 0 Å². The largest absolute Gasteiger partial charge is 0.495 e. The third kappa shape index (κ3) is 4.73. The molecule has 2 aromatic rings. The maximum absolute atomic E-state index is 12.8. The molecule has 0 heterocycles. The zero-order valence-corrected chi connectivity index (χ0v) is 17.5. The van der Waals surface area contributed by atoms with Crippen molar-refractivity contribution in [2.75, 3.05) is 23.0 Å². The van der Waals surface area contributed by atoms with Crippen molar-refractivity contribution in [3.63, 3.8) is 0 Å². The lowest BCUT2D eigenvalue weighted by molar-refractivity contribution is -0.116. The van der Waals surface area contributed by atoms with Crippen LogP contribution in [-0.4, -0.2) is 33.7 Å². The van der Waals surface area contributed by atoms with Gasteiger partial charge in [0.05, 0.1) is 24.1 Å². The van der Waals surface area contributed by atoms with Crippen molar-refractivity contribution in [1.29, 1.82) is 0 Å². The summed E-state index contributed by atoms with van der Waals surface area (Å²) >= 11 is 6.13. The first-order chi connectivity index (χ1) is 12.6. The molecule has 0 bridgehead atoms. The number of sulfonamides is 1. The van der Waals surface area contributed by atoms with Gasteiger partial charge in [0, 0.05) is 5.69 Å². The Kier molecular flexibility index (Phi) is 6.38. The van der Waals surface area contributed by atoms with Crippen LogP contribution < -0.4 is 14.4 Å². The van der Waals surface area contributed by atoms with Gasteiger partial charge in [-0.25, -0.2) is 8.42 Å². The molecular formula is C19H23ClN2O4S. The highest BCUT2D eigenvalue weighted by Gasteiger charge is 2.30. The van der Waals surface area contributed by atoms with E-state index < -0.39 is 22.0 Å². The zero-order chi connectivity index (χ0) is 20.4. The van der Waals surface area contributed by atoms with E-state index in [1.54, 1.807) is 18.2 Å². The van der Waals surface area contributed by atoms with Crippen LogP contribution in [0.3, 0.4) is 0 Å². The van der Waals surface area contributed by atoms with Crippen LogP contribution in [0.2, 0.25) is 5.02 Å². The van der Waals surface area contributed by atoms with Crippen molar-refractivity contribution in [3.05, 3.63) is 52.5 Å². The van der Waals surface area contributed by atoms with Crippen LogP contribution in [0.1, 0.15) is 18.1 Å². The number of hydrogen-bond acceptors (Lipinski definition) is 4. The van der Waals surface area contributed by atoms with Crippen LogP contribution in [0.5, 0.6) is 5.75 Å². The quantitative estimate of drug-likeness (QED) is 0.786. The van der Waals surface area contributed by atoms with Gasteiger partial charge in [-0.05, 0) is 56.2 Å². The third-order valence-electron chi connectivity index (χ3n) is 4.34. The number of methoxy groups -OCH3 is 1. The lowest BCUT2D eigenvalue weighted by atomic mass is 10.1. The van der Waals surface area contributed by atoms with Crippen molar-refractivity contribution < 1.29 is 17.9 Å². The number of ether oxygens (including phenoxy) is 1. The molecular weight excluding hydrogens is 388 g/mol. The second-order valence-electron chi connectivity index (χ2n) is 6.29. The van der Waals surface area contributed by atoms with E-state index in [0.29, 0.717) is 11.4 Å². The van der Waals surface area contributed by atoms with E-state index in [9.17, 15) is 13.2 Å². The van der Waals surface area contributed by atoms with Gasteiger partial charge in [0.1, 0.15) is 11.8 Å². The average molecular weight is 411 g/mol. The number of aryl methyl sites for hydroxylation is 1. The van der Waals surface area contributed by atoms with Crippen molar-refractivity contribution in [2.24, 2.45) is 0 Å². The van der Waals surface area contributed by atoms with Gasteiger partial charge in [-0.2, -0.15) is 0 Å². The molecule has 2 aromatic carbocycles. The monoisotopic (exact) mass is 410 g/mol. The second-order valence-corrected chi connectivity index (χ2v) is 8.56. The summed E-state index contributed by atoms with van der Waals surface area (Å²) in [6.45, 7) is 5.36. The fourth-order valence-electron chi connectivity index (χ4n) is 2.72. The highest BCUT2D eigenvalue weighted by Crippen LogP contribution is 2.31. The highest BCUT2D eigenvalue weighted by molar-refractivity contribution is 7.92. The lowest BCUT2D eigenvalue weighted by Gasteiger charge is -2.28. The summed E-state index contributed by atoms with van der Waals surface area (Å²) in [5, 5.41) is 3.06. The molecule has 0 fully saturated rings. The van der Waals surface area contributed by atoms with Crippen molar-refractivity contribution in [3.8, 4) is 5.75 Å². The Morgan fingerprint density at radius 3 is 2.44 bits per heavy atom. The number of amides is 1. The molecule has 27 heavy (non-hydrogen) atoms. The number of halogens is 1. The average Bonchev–Trinajstić information content (AvgIpc) is 2.58. The molecule has 1 atom stereocenters. The van der Waals surface area contributed by atoms with Crippen molar-refractivity contribution in [1.82, 2.24) is 0 Å². The topological polar surface area (TPSA) is 75.7 Å². The molecule has 0 aliphatic heterocycles. The van der Waals surface area contributed by atoms with E-state index in [4.69, 9.17) is 16.3 Å². The SMILES string of the molecule is COc1ccc(N([C@H](C)C(=O)Nc2cccc(C)c2C)S(C)(=O)=O)cc1Cl. The summed E-state index contributed by atoms with van der Waals surface area (Å²) in [6, 6.07) is 9.14. The van der Waals surface area contributed by atoms with Gasteiger partial charge in [0.25, 0.3) is 0 Å². The van der Waals surface area contributed by atoms with Gasteiger partial charge in [0.15, 0.2) is 0 Å². The van der Waals surface area contributed by atoms with Gasteiger partial charge in [-0.1, -0.05) is 23.7 Å². The van der Waals surface area contributed by atoms with Gasteiger partial charge in [-0.3, -0.25) is 9.10 Å². The van der Waals surface area contributed by atoms with Gasteiger partial charge >= 0.3 is 0 Å². The standard InChI is InChI=1S/C19H23ClN2O4S/c1-12-7-6-8-17(13(12)2)21-19(23)14(3)22(27(5,24)25)15-9-10-18(26-4)16(20)11-15/h6-11,14H,1-5H3,(H,21,23)/t14-/m1/s1. The first-order valence-electron chi connectivity index (χ1n) is 8.26. The number of hydrogen-bond donors (Lipinski definition) is 1. The Labute approximate surface area is 165 Å². The fraction of sp³-hybridized carbons (Fsp3) is 0.316. The molecule has 6 nitrogen and oxygen atoms in total. The molecule has 2 rings (SSSR count). The number of carbonyl (C=O) groups excluding carboxylic acids is 1. The molecule has 0 aliphatic carbocycles. The minimum Gasteiger partial charge on any atom is -0.495 e.